The third kappa shape index (κ3) is 5.19. The summed E-state index contributed by atoms with van der Waals surface area (Å²) in [7, 11) is 1.63. The predicted molar refractivity (Wildman–Crippen MR) is 124 cm³/mol. The van der Waals surface area contributed by atoms with Gasteiger partial charge >= 0.3 is 0 Å². The molecular formula is C25H31N3O4. The molecule has 170 valence electrons. The van der Waals surface area contributed by atoms with Gasteiger partial charge in [0.2, 0.25) is 0 Å². The van der Waals surface area contributed by atoms with E-state index in [2.05, 4.69) is 15.2 Å². The molecule has 0 aliphatic carbocycles. The molecule has 32 heavy (non-hydrogen) atoms. The zero-order valence-corrected chi connectivity index (χ0v) is 18.4. The lowest BCUT2D eigenvalue weighted by molar-refractivity contribution is 0.0511. The fourth-order valence-electron chi connectivity index (χ4n) is 4.30. The Labute approximate surface area is 188 Å². The van der Waals surface area contributed by atoms with Gasteiger partial charge in [0.05, 0.1) is 31.6 Å². The van der Waals surface area contributed by atoms with Crippen molar-refractivity contribution in [2.75, 3.05) is 39.9 Å². The summed E-state index contributed by atoms with van der Waals surface area (Å²) in [5.41, 5.74) is 1.40. The van der Waals surface area contributed by atoms with Gasteiger partial charge in [-0.2, -0.15) is 0 Å². The van der Waals surface area contributed by atoms with Crippen LogP contribution >= 0.6 is 0 Å². The van der Waals surface area contributed by atoms with E-state index in [1.165, 1.54) is 0 Å². The van der Waals surface area contributed by atoms with Gasteiger partial charge in [-0.1, -0.05) is 6.08 Å². The Bertz CT molecular complexity index is 1030. The number of ether oxygens (including phenoxy) is 1. The van der Waals surface area contributed by atoms with Crippen LogP contribution in [0.3, 0.4) is 0 Å². The Morgan fingerprint density at radius 3 is 2.84 bits per heavy atom. The number of aromatic nitrogens is 1. The van der Waals surface area contributed by atoms with E-state index in [9.17, 15) is 10.2 Å². The quantitative estimate of drug-likeness (QED) is 0.474. The number of pyridine rings is 1. The van der Waals surface area contributed by atoms with Crippen LogP contribution in [0.5, 0.6) is 5.75 Å². The second-order valence-electron chi connectivity index (χ2n) is 8.34. The second-order valence-corrected chi connectivity index (χ2v) is 8.34. The van der Waals surface area contributed by atoms with Crippen LogP contribution in [0.25, 0.3) is 17.0 Å². The van der Waals surface area contributed by atoms with Crippen molar-refractivity contribution in [3.05, 3.63) is 66.3 Å². The van der Waals surface area contributed by atoms with E-state index in [1.54, 1.807) is 19.6 Å². The first-order valence-electron chi connectivity index (χ1n) is 11.0. The molecule has 0 bridgehead atoms. The van der Waals surface area contributed by atoms with Crippen molar-refractivity contribution in [1.29, 1.82) is 0 Å². The van der Waals surface area contributed by atoms with Crippen LogP contribution < -0.4 is 10.1 Å². The molecule has 2 aromatic heterocycles. The number of hydrogen-bond donors (Lipinski definition) is 3. The van der Waals surface area contributed by atoms with E-state index in [0.717, 1.165) is 53.9 Å². The molecule has 3 heterocycles. The fourth-order valence-corrected chi connectivity index (χ4v) is 4.30. The lowest BCUT2D eigenvalue weighted by Gasteiger charge is -2.42. The lowest BCUT2D eigenvalue weighted by atomic mass is 9.88. The molecule has 7 nitrogen and oxygen atoms in total. The van der Waals surface area contributed by atoms with E-state index in [0.29, 0.717) is 13.1 Å². The normalized spacial score (nSPS) is 17.7. The molecule has 1 saturated heterocycles. The van der Waals surface area contributed by atoms with Crippen molar-refractivity contribution in [3.63, 3.8) is 0 Å². The number of likely N-dealkylation sites (tertiary alicyclic amines) is 1. The fraction of sp³-hybridized carbons (Fsp3) is 0.400. The summed E-state index contributed by atoms with van der Waals surface area (Å²) in [6.07, 6.45) is 8.33. The molecule has 0 unspecified atom stereocenters. The molecule has 7 heteroatoms. The van der Waals surface area contributed by atoms with Gasteiger partial charge in [-0.3, -0.25) is 4.98 Å². The predicted octanol–water partition coefficient (Wildman–Crippen LogP) is 3.00. The summed E-state index contributed by atoms with van der Waals surface area (Å²) in [5, 5.41) is 25.4. The molecule has 1 aliphatic rings. The topological polar surface area (TPSA) is 91.0 Å². The number of benzene rings is 1. The largest absolute Gasteiger partial charge is 0.497 e. The molecule has 1 aliphatic heterocycles. The second kappa shape index (κ2) is 10.3. The van der Waals surface area contributed by atoms with Crippen LogP contribution in [0, 0.1) is 0 Å². The molecule has 1 atom stereocenters. The molecule has 0 amide bonds. The highest BCUT2D eigenvalue weighted by atomic mass is 16.5. The minimum atomic E-state index is -0.626. The third-order valence-corrected chi connectivity index (χ3v) is 6.31. The zero-order chi connectivity index (χ0) is 22.4. The Hall–Kier alpha value is -2.71. The number of methoxy groups -OCH3 is 1. The number of rotatable bonds is 9. The number of furan rings is 1. The maximum absolute atomic E-state index is 11.0. The van der Waals surface area contributed by atoms with Gasteiger partial charge in [0.1, 0.15) is 11.5 Å². The summed E-state index contributed by atoms with van der Waals surface area (Å²) >= 11 is 0. The highest BCUT2D eigenvalue weighted by Gasteiger charge is 2.33. The van der Waals surface area contributed by atoms with E-state index in [-0.39, 0.29) is 12.1 Å². The maximum Gasteiger partial charge on any atom is 0.126 e. The van der Waals surface area contributed by atoms with Gasteiger partial charge in [0.15, 0.2) is 0 Å². The van der Waals surface area contributed by atoms with Gasteiger partial charge in [-0.05, 0) is 60.9 Å². The lowest BCUT2D eigenvalue weighted by Crippen LogP contribution is -2.56. The molecule has 0 spiro atoms. The van der Waals surface area contributed by atoms with Crippen LogP contribution in [0.15, 0.2) is 59.4 Å². The number of β-amino-alcohol motifs (C(OH)–C–C–N with tert-alkyl or cyclic N) is 1. The van der Waals surface area contributed by atoms with Gasteiger partial charge in [0, 0.05) is 43.3 Å². The Balaban J connectivity index is 1.34. The van der Waals surface area contributed by atoms with Gasteiger partial charge in [-0.15, -0.1) is 0 Å². The molecule has 4 rings (SSSR count). The van der Waals surface area contributed by atoms with Crippen molar-refractivity contribution in [1.82, 2.24) is 15.2 Å². The van der Waals surface area contributed by atoms with Crippen LogP contribution in [-0.2, 0) is 0 Å². The Morgan fingerprint density at radius 2 is 2.12 bits per heavy atom. The zero-order valence-electron chi connectivity index (χ0n) is 18.4. The molecule has 0 radical (unpaired) electrons. The molecule has 0 saturated carbocycles. The number of aliphatic hydroxyl groups excluding tert-OH is 2. The average molecular weight is 438 g/mol. The summed E-state index contributed by atoms with van der Waals surface area (Å²) in [6, 6.07) is 11.4. The molecule has 3 aromatic rings. The number of nitrogens with zero attached hydrogens (tertiary/aromatic N) is 2. The van der Waals surface area contributed by atoms with E-state index in [1.807, 2.05) is 48.6 Å². The number of nitrogens with one attached hydrogen (secondary N) is 1. The average Bonchev–Trinajstić information content (AvgIpc) is 3.36. The Kier molecular flexibility index (Phi) is 7.22. The number of aliphatic hydroxyl groups is 2. The SMILES string of the molecule is COc1ccc2nccc([C@@H](O)CN3CCC(CO)(NC/C=C/c4ccco4)CC3)c2c1. The third-order valence-electron chi connectivity index (χ3n) is 6.31. The molecule has 3 N–H and O–H groups in total. The van der Waals surface area contributed by atoms with Crippen molar-refractivity contribution in [2.45, 2.75) is 24.5 Å². The van der Waals surface area contributed by atoms with E-state index in [4.69, 9.17) is 9.15 Å². The van der Waals surface area contributed by atoms with Crippen LogP contribution in [0.2, 0.25) is 0 Å². The van der Waals surface area contributed by atoms with Crippen LogP contribution in [0.1, 0.15) is 30.3 Å². The monoisotopic (exact) mass is 437 g/mol. The van der Waals surface area contributed by atoms with Crippen molar-refractivity contribution >= 4 is 17.0 Å². The summed E-state index contributed by atoms with van der Waals surface area (Å²) in [4.78, 5) is 6.66. The maximum atomic E-state index is 11.0. The highest BCUT2D eigenvalue weighted by Crippen LogP contribution is 2.29. The first kappa shape index (κ1) is 22.5. The summed E-state index contributed by atoms with van der Waals surface area (Å²) in [6.45, 7) is 2.90. The Morgan fingerprint density at radius 1 is 1.28 bits per heavy atom. The highest BCUT2D eigenvalue weighted by molar-refractivity contribution is 5.83. The first-order valence-corrected chi connectivity index (χ1v) is 11.0. The number of piperidine rings is 1. The van der Waals surface area contributed by atoms with E-state index >= 15 is 0 Å². The molecular weight excluding hydrogens is 406 g/mol. The summed E-state index contributed by atoms with van der Waals surface area (Å²) < 4.78 is 10.6. The molecule has 1 aromatic carbocycles. The van der Waals surface area contributed by atoms with Crippen LogP contribution in [0.4, 0.5) is 0 Å². The first-order chi connectivity index (χ1) is 15.6. The minimum absolute atomic E-state index is 0.0901. The molecule has 1 fully saturated rings. The van der Waals surface area contributed by atoms with Gasteiger partial charge < -0.3 is 29.6 Å². The van der Waals surface area contributed by atoms with Gasteiger partial charge in [-0.25, -0.2) is 0 Å². The number of fused-ring (bicyclic) bond motifs is 1. The standard InChI is InChI=1S/C25H31N3O4/c1-31-20-6-7-23-22(16-20)21(8-12-26-23)24(30)17-28-13-9-25(18-29,10-14-28)27-11-2-4-19-5-3-15-32-19/h2-8,12,15-16,24,27,29-30H,9-11,13-14,17-18H2,1H3/b4-2+/t24-/m0/s1. The minimum Gasteiger partial charge on any atom is -0.497 e. The van der Waals surface area contributed by atoms with Crippen molar-refractivity contribution in [3.8, 4) is 5.75 Å². The smallest absolute Gasteiger partial charge is 0.126 e. The van der Waals surface area contributed by atoms with Crippen LogP contribution in [-0.4, -0.2) is 65.5 Å². The summed E-state index contributed by atoms with van der Waals surface area (Å²) in [5.74, 6) is 1.56. The van der Waals surface area contributed by atoms with Crippen molar-refractivity contribution in [2.24, 2.45) is 0 Å². The van der Waals surface area contributed by atoms with Gasteiger partial charge in [0.25, 0.3) is 0 Å². The van der Waals surface area contributed by atoms with Crippen molar-refractivity contribution < 1.29 is 19.4 Å². The number of hydrogen-bond acceptors (Lipinski definition) is 7. The van der Waals surface area contributed by atoms with E-state index < -0.39 is 6.10 Å².